The van der Waals surface area contributed by atoms with Gasteiger partial charge in [-0.15, -0.1) is 11.8 Å². The summed E-state index contributed by atoms with van der Waals surface area (Å²) in [7, 11) is 1.61. The zero-order valence-corrected chi connectivity index (χ0v) is 28.3. The molecule has 0 aromatic heterocycles. The first-order valence-corrected chi connectivity index (χ1v) is 17.3. The molecule has 6 rings (SSSR count). The third kappa shape index (κ3) is 7.84. The van der Waals surface area contributed by atoms with Gasteiger partial charge >= 0.3 is 5.97 Å². The second-order valence-corrected chi connectivity index (χ2v) is 13.5. The third-order valence-corrected chi connectivity index (χ3v) is 10.4. The molecule has 9 heteroatoms. The maximum atomic E-state index is 14.3. The maximum Gasteiger partial charge on any atom is 0.303 e. The summed E-state index contributed by atoms with van der Waals surface area (Å²) >= 11 is 7.95. The Morgan fingerprint density at radius 1 is 0.872 bits per heavy atom. The van der Waals surface area contributed by atoms with E-state index >= 15 is 0 Å². The van der Waals surface area contributed by atoms with E-state index in [1.165, 1.54) is 29.8 Å². The Morgan fingerprint density at radius 3 is 2.11 bits per heavy atom. The minimum absolute atomic E-state index is 0.215. The number of ether oxygens (including phenoxy) is 2. The number of amides is 1. The third-order valence-electron chi connectivity index (χ3n) is 8.85. The topological polar surface area (TPSA) is 62.3 Å². The zero-order valence-electron chi connectivity index (χ0n) is 26.8. The summed E-state index contributed by atoms with van der Waals surface area (Å²) in [5.41, 5.74) is 4.26. The van der Waals surface area contributed by atoms with Gasteiger partial charge in [0.1, 0.15) is 5.75 Å². The lowest BCUT2D eigenvalue weighted by Gasteiger charge is -2.40. The molecule has 0 unspecified atom stereocenters. The van der Waals surface area contributed by atoms with Crippen molar-refractivity contribution in [3.63, 3.8) is 0 Å². The highest BCUT2D eigenvalue weighted by atomic mass is 35.5. The van der Waals surface area contributed by atoms with Gasteiger partial charge in [0.15, 0.2) is 6.10 Å². The molecular formula is C38H40ClN3O4S. The van der Waals surface area contributed by atoms with Gasteiger partial charge in [-0.2, -0.15) is 0 Å². The molecule has 0 bridgehead atoms. The van der Waals surface area contributed by atoms with E-state index in [0.29, 0.717) is 17.3 Å². The van der Waals surface area contributed by atoms with Crippen LogP contribution in [0.5, 0.6) is 5.75 Å². The number of esters is 1. The molecule has 7 nitrogen and oxygen atoms in total. The summed E-state index contributed by atoms with van der Waals surface area (Å²) in [6.45, 7) is 6.50. The molecule has 0 radical (unpaired) electrons. The fourth-order valence-corrected chi connectivity index (χ4v) is 8.14. The van der Waals surface area contributed by atoms with Crippen LogP contribution in [-0.4, -0.2) is 74.2 Å². The highest BCUT2D eigenvalue weighted by Gasteiger charge is 2.41. The van der Waals surface area contributed by atoms with E-state index in [0.717, 1.165) is 55.3 Å². The number of hydrogen-bond acceptors (Lipinski definition) is 7. The van der Waals surface area contributed by atoms with Gasteiger partial charge < -0.3 is 19.3 Å². The van der Waals surface area contributed by atoms with Gasteiger partial charge in [-0.1, -0.05) is 84.4 Å². The van der Waals surface area contributed by atoms with Gasteiger partial charge in [0.05, 0.1) is 24.1 Å². The van der Waals surface area contributed by atoms with Crippen LogP contribution in [0.4, 0.5) is 5.69 Å². The quantitative estimate of drug-likeness (QED) is 0.165. The van der Waals surface area contributed by atoms with E-state index in [9.17, 15) is 9.59 Å². The molecule has 4 aromatic carbocycles. The monoisotopic (exact) mass is 669 g/mol. The average Bonchev–Trinajstić information content (AvgIpc) is 3.20. The summed E-state index contributed by atoms with van der Waals surface area (Å²) in [5, 5.41) is 0.139. The molecule has 2 heterocycles. The molecule has 2 atom stereocenters. The second kappa shape index (κ2) is 15.4. The first kappa shape index (κ1) is 33.1. The highest BCUT2D eigenvalue weighted by Crippen LogP contribution is 2.48. The van der Waals surface area contributed by atoms with Gasteiger partial charge in [-0.25, -0.2) is 0 Å². The summed E-state index contributed by atoms with van der Waals surface area (Å²) in [6, 6.07) is 34.8. The van der Waals surface area contributed by atoms with E-state index in [-0.39, 0.29) is 11.9 Å². The molecule has 4 aromatic rings. The summed E-state index contributed by atoms with van der Waals surface area (Å²) in [6.07, 6.45) is -0.215. The van der Waals surface area contributed by atoms with Crippen molar-refractivity contribution in [2.75, 3.05) is 51.3 Å². The Bertz CT molecular complexity index is 1610. The van der Waals surface area contributed by atoms with Crippen molar-refractivity contribution in [1.82, 2.24) is 9.80 Å². The standard InChI is InChI=1S/C38H40ClN3O4S/c1-27(43)46-36-37(30-14-17-32(45-2)18-15-30)47-34-26-31(39)16-19-33(34)42(38(36)44)21-9-20-40-22-24-41(25-23-40)35(28-10-5-3-6-11-28)29-12-7-4-8-13-29/h3-8,10-19,26,35-37H,9,20-25H2,1-2H3/t36-,37+/m1/s1. The molecule has 0 aliphatic carbocycles. The predicted molar refractivity (Wildman–Crippen MR) is 188 cm³/mol. The van der Waals surface area contributed by atoms with Crippen LogP contribution in [0.3, 0.4) is 0 Å². The number of hydrogen-bond donors (Lipinski definition) is 0. The van der Waals surface area contributed by atoms with Crippen molar-refractivity contribution in [2.24, 2.45) is 0 Å². The Kier molecular flexibility index (Phi) is 10.8. The van der Waals surface area contributed by atoms with Gasteiger partial charge in [-0.05, 0) is 60.0 Å². The Balaban J connectivity index is 1.16. The maximum absolute atomic E-state index is 14.3. The Hall–Kier alpha value is -3.82. The van der Waals surface area contributed by atoms with Crippen molar-refractivity contribution in [2.45, 2.75) is 35.6 Å². The van der Waals surface area contributed by atoms with Crippen LogP contribution in [0.2, 0.25) is 5.02 Å². The van der Waals surface area contributed by atoms with E-state index in [2.05, 4.69) is 70.5 Å². The summed E-state index contributed by atoms with van der Waals surface area (Å²) in [4.78, 5) is 34.3. The molecule has 1 amide bonds. The van der Waals surface area contributed by atoms with Crippen LogP contribution in [0.15, 0.2) is 108 Å². The number of methoxy groups -OCH3 is 1. The number of rotatable bonds is 10. The lowest BCUT2D eigenvalue weighted by molar-refractivity contribution is -0.152. The van der Waals surface area contributed by atoms with E-state index in [1.54, 1.807) is 12.0 Å². The summed E-state index contributed by atoms with van der Waals surface area (Å²) < 4.78 is 11.1. The minimum Gasteiger partial charge on any atom is -0.497 e. The minimum atomic E-state index is -0.992. The van der Waals surface area contributed by atoms with Crippen LogP contribution in [0.1, 0.15) is 41.3 Å². The second-order valence-electron chi connectivity index (χ2n) is 11.9. The van der Waals surface area contributed by atoms with Gasteiger partial charge in [0, 0.05) is 49.6 Å². The van der Waals surface area contributed by atoms with E-state index in [1.807, 2.05) is 42.5 Å². The fourth-order valence-electron chi connectivity index (χ4n) is 6.55. The molecule has 0 saturated carbocycles. The van der Waals surface area contributed by atoms with Crippen LogP contribution in [0.25, 0.3) is 0 Å². The number of carbonyl (C=O) groups excluding carboxylic acids is 2. The number of fused-ring (bicyclic) bond motifs is 1. The average molecular weight is 670 g/mol. The van der Waals surface area contributed by atoms with Crippen molar-refractivity contribution < 1.29 is 19.1 Å². The molecule has 1 saturated heterocycles. The van der Waals surface area contributed by atoms with E-state index < -0.39 is 17.3 Å². The lowest BCUT2D eigenvalue weighted by atomic mass is 9.96. The fraction of sp³-hybridized carbons (Fsp3) is 0.316. The lowest BCUT2D eigenvalue weighted by Crippen LogP contribution is -2.48. The van der Waals surface area contributed by atoms with Crippen LogP contribution in [0, 0.1) is 0 Å². The van der Waals surface area contributed by atoms with Crippen molar-refractivity contribution >= 4 is 40.9 Å². The van der Waals surface area contributed by atoms with Crippen LogP contribution < -0.4 is 9.64 Å². The van der Waals surface area contributed by atoms with Crippen LogP contribution >= 0.6 is 23.4 Å². The number of piperazine rings is 1. The molecule has 0 spiro atoms. The number of benzene rings is 4. The normalized spacial score (nSPS) is 18.9. The molecule has 47 heavy (non-hydrogen) atoms. The number of thioether (sulfide) groups is 1. The first-order valence-electron chi connectivity index (χ1n) is 16.1. The molecule has 2 aliphatic heterocycles. The molecule has 244 valence electrons. The molecule has 2 aliphatic rings. The van der Waals surface area contributed by atoms with Crippen molar-refractivity contribution in [3.05, 3.63) is 125 Å². The van der Waals surface area contributed by atoms with E-state index in [4.69, 9.17) is 21.1 Å². The first-order chi connectivity index (χ1) is 22.9. The van der Waals surface area contributed by atoms with Crippen molar-refractivity contribution in [1.29, 1.82) is 0 Å². The zero-order chi connectivity index (χ0) is 32.8. The molecular weight excluding hydrogens is 630 g/mol. The van der Waals surface area contributed by atoms with Gasteiger partial charge in [0.2, 0.25) is 0 Å². The number of halogens is 1. The molecule has 0 N–H and O–H groups in total. The SMILES string of the molecule is COc1ccc([C@@H]2Sc3cc(Cl)ccc3N(CCCN3CCN(C(c4ccccc4)c4ccccc4)CC3)C(=O)[C@@H]2OC(C)=O)cc1. The highest BCUT2D eigenvalue weighted by molar-refractivity contribution is 7.99. The largest absolute Gasteiger partial charge is 0.497 e. The Labute approximate surface area is 286 Å². The Morgan fingerprint density at radius 2 is 1.51 bits per heavy atom. The van der Waals surface area contributed by atoms with Gasteiger partial charge in [-0.3, -0.25) is 14.5 Å². The number of carbonyl (C=O) groups is 2. The number of nitrogens with zero attached hydrogens (tertiary/aromatic N) is 3. The number of anilines is 1. The predicted octanol–water partition coefficient (Wildman–Crippen LogP) is 7.26. The smallest absolute Gasteiger partial charge is 0.303 e. The van der Waals surface area contributed by atoms with Crippen molar-refractivity contribution in [3.8, 4) is 5.75 Å². The summed E-state index contributed by atoms with van der Waals surface area (Å²) in [5.74, 6) is -0.00848. The molecule has 1 fully saturated rings. The van der Waals surface area contributed by atoms with Gasteiger partial charge in [0.25, 0.3) is 5.91 Å². The van der Waals surface area contributed by atoms with Crippen LogP contribution in [-0.2, 0) is 14.3 Å².